The predicted octanol–water partition coefficient (Wildman–Crippen LogP) is 3.63. The number of anilines is 1. The maximum absolute atomic E-state index is 5.50. The van der Waals surface area contributed by atoms with E-state index in [1.54, 1.807) is 11.8 Å². The number of aryl methyl sites for hydroxylation is 2. The van der Waals surface area contributed by atoms with E-state index in [2.05, 4.69) is 40.8 Å². The van der Waals surface area contributed by atoms with Crippen molar-refractivity contribution >= 4 is 17.4 Å². The Morgan fingerprint density at radius 2 is 1.94 bits per heavy atom. The van der Waals surface area contributed by atoms with Gasteiger partial charge in [0, 0.05) is 10.6 Å². The van der Waals surface area contributed by atoms with Crippen LogP contribution in [-0.2, 0) is 6.54 Å². The van der Waals surface area contributed by atoms with Gasteiger partial charge in [-0.1, -0.05) is 0 Å². The summed E-state index contributed by atoms with van der Waals surface area (Å²) in [5.41, 5.74) is 2.04. The average molecular weight is 248 g/mol. The zero-order chi connectivity index (χ0) is 12.3. The zero-order valence-electron chi connectivity index (χ0n) is 10.3. The molecule has 1 heterocycles. The topological polar surface area (TPSA) is 38.1 Å². The molecular weight excluding hydrogens is 232 g/mol. The maximum atomic E-state index is 5.50. The Morgan fingerprint density at radius 3 is 2.47 bits per heavy atom. The number of aromatic nitrogens is 1. The van der Waals surface area contributed by atoms with E-state index in [4.69, 9.17) is 4.42 Å². The van der Waals surface area contributed by atoms with Gasteiger partial charge < -0.3 is 9.73 Å². The minimum atomic E-state index is 0.618. The van der Waals surface area contributed by atoms with Crippen molar-refractivity contribution in [2.75, 3.05) is 11.6 Å². The molecule has 2 rings (SSSR count). The van der Waals surface area contributed by atoms with Crippen molar-refractivity contribution in [2.45, 2.75) is 25.3 Å². The second-order valence-corrected chi connectivity index (χ2v) is 4.71. The molecule has 1 aromatic heterocycles. The number of oxazole rings is 1. The van der Waals surface area contributed by atoms with Crippen LogP contribution >= 0.6 is 11.8 Å². The van der Waals surface area contributed by atoms with Gasteiger partial charge in [-0.25, -0.2) is 4.98 Å². The summed E-state index contributed by atoms with van der Waals surface area (Å²) in [6, 6.07) is 8.32. The first-order valence-electron chi connectivity index (χ1n) is 5.50. The van der Waals surface area contributed by atoms with E-state index in [1.165, 1.54) is 4.90 Å². The number of hydrogen-bond acceptors (Lipinski definition) is 4. The number of nitrogens with one attached hydrogen (secondary N) is 1. The van der Waals surface area contributed by atoms with Gasteiger partial charge in [0.2, 0.25) is 5.89 Å². The third-order valence-corrected chi connectivity index (χ3v) is 3.35. The molecule has 17 heavy (non-hydrogen) atoms. The number of thioether (sulfide) groups is 1. The van der Waals surface area contributed by atoms with E-state index in [9.17, 15) is 0 Å². The fraction of sp³-hybridized carbons (Fsp3) is 0.308. The van der Waals surface area contributed by atoms with Gasteiger partial charge >= 0.3 is 0 Å². The smallest absolute Gasteiger partial charge is 0.213 e. The second kappa shape index (κ2) is 5.27. The molecule has 0 spiro atoms. The van der Waals surface area contributed by atoms with Crippen molar-refractivity contribution in [3.8, 4) is 0 Å². The molecule has 4 heteroatoms. The van der Waals surface area contributed by atoms with Crippen LogP contribution in [0.3, 0.4) is 0 Å². The molecule has 0 amide bonds. The van der Waals surface area contributed by atoms with E-state index in [0.717, 1.165) is 23.0 Å². The lowest BCUT2D eigenvalue weighted by atomic mass is 10.3. The Labute approximate surface area is 106 Å². The first kappa shape index (κ1) is 12.0. The van der Waals surface area contributed by atoms with Crippen LogP contribution in [0, 0.1) is 13.8 Å². The highest BCUT2D eigenvalue weighted by Gasteiger charge is 2.04. The number of hydrogen-bond donors (Lipinski definition) is 1. The van der Waals surface area contributed by atoms with Crippen molar-refractivity contribution in [1.82, 2.24) is 4.98 Å². The van der Waals surface area contributed by atoms with Crippen LogP contribution in [0.2, 0.25) is 0 Å². The van der Waals surface area contributed by atoms with Gasteiger partial charge in [-0.2, -0.15) is 0 Å². The van der Waals surface area contributed by atoms with Gasteiger partial charge in [0.15, 0.2) is 0 Å². The molecule has 0 saturated heterocycles. The normalized spacial score (nSPS) is 10.5. The van der Waals surface area contributed by atoms with Gasteiger partial charge in [-0.3, -0.25) is 0 Å². The summed E-state index contributed by atoms with van der Waals surface area (Å²) in [7, 11) is 0. The highest BCUT2D eigenvalue weighted by Crippen LogP contribution is 2.18. The predicted molar refractivity (Wildman–Crippen MR) is 71.5 cm³/mol. The summed E-state index contributed by atoms with van der Waals surface area (Å²) in [6.07, 6.45) is 2.07. The van der Waals surface area contributed by atoms with Crippen LogP contribution in [0.5, 0.6) is 0 Å². The molecule has 0 radical (unpaired) electrons. The standard InChI is InChI=1S/C13H16N2OS/c1-9-10(2)16-13(15-9)8-14-11-4-6-12(17-3)7-5-11/h4-7,14H,8H2,1-3H3. The molecule has 0 aliphatic heterocycles. The monoisotopic (exact) mass is 248 g/mol. The van der Waals surface area contributed by atoms with Gasteiger partial charge in [-0.05, 0) is 44.4 Å². The minimum Gasteiger partial charge on any atom is -0.444 e. The molecular formula is C13H16N2OS. The van der Waals surface area contributed by atoms with Crippen molar-refractivity contribution in [2.24, 2.45) is 0 Å². The molecule has 1 N–H and O–H groups in total. The first-order chi connectivity index (χ1) is 8.19. The summed E-state index contributed by atoms with van der Waals surface area (Å²) < 4.78 is 5.50. The number of benzene rings is 1. The fourth-order valence-corrected chi connectivity index (χ4v) is 1.91. The van der Waals surface area contributed by atoms with Crippen LogP contribution in [0.4, 0.5) is 5.69 Å². The lowest BCUT2D eigenvalue weighted by Gasteiger charge is -2.04. The van der Waals surface area contributed by atoms with E-state index >= 15 is 0 Å². The summed E-state index contributed by atoms with van der Waals surface area (Å²) >= 11 is 1.74. The van der Waals surface area contributed by atoms with Gasteiger partial charge in [0.25, 0.3) is 0 Å². The first-order valence-corrected chi connectivity index (χ1v) is 6.72. The highest BCUT2D eigenvalue weighted by molar-refractivity contribution is 7.98. The van der Waals surface area contributed by atoms with E-state index < -0.39 is 0 Å². The Morgan fingerprint density at radius 1 is 1.24 bits per heavy atom. The van der Waals surface area contributed by atoms with E-state index in [1.807, 2.05) is 13.8 Å². The van der Waals surface area contributed by atoms with Crippen LogP contribution < -0.4 is 5.32 Å². The summed E-state index contributed by atoms with van der Waals surface area (Å²) in [5, 5.41) is 3.29. The molecule has 1 aromatic carbocycles. The Balaban J connectivity index is 1.97. The van der Waals surface area contributed by atoms with Crippen molar-refractivity contribution in [3.63, 3.8) is 0 Å². The van der Waals surface area contributed by atoms with Crippen molar-refractivity contribution in [1.29, 1.82) is 0 Å². The van der Waals surface area contributed by atoms with Crippen molar-refractivity contribution in [3.05, 3.63) is 41.6 Å². The van der Waals surface area contributed by atoms with E-state index in [-0.39, 0.29) is 0 Å². The molecule has 0 bridgehead atoms. The van der Waals surface area contributed by atoms with Gasteiger partial charge in [0.1, 0.15) is 5.76 Å². The molecule has 2 aromatic rings. The Bertz CT molecular complexity index is 471. The molecule has 90 valence electrons. The van der Waals surface area contributed by atoms with E-state index in [0.29, 0.717) is 6.54 Å². The third kappa shape index (κ3) is 3.03. The van der Waals surface area contributed by atoms with Crippen LogP contribution in [-0.4, -0.2) is 11.2 Å². The maximum Gasteiger partial charge on any atom is 0.213 e. The summed E-state index contributed by atoms with van der Waals surface area (Å²) in [5.74, 6) is 1.62. The largest absolute Gasteiger partial charge is 0.444 e. The lowest BCUT2D eigenvalue weighted by Crippen LogP contribution is -1.99. The van der Waals surface area contributed by atoms with Gasteiger partial charge in [0.05, 0.1) is 12.2 Å². The number of nitrogens with zero attached hydrogens (tertiary/aromatic N) is 1. The van der Waals surface area contributed by atoms with Crippen LogP contribution in [0.15, 0.2) is 33.6 Å². The van der Waals surface area contributed by atoms with Crippen LogP contribution in [0.1, 0.15) is 17.3 Å². The quantitative estimate of drug-likeness (QED) is 0.839. The molecule has 0 atom stereocenters. The Hall–Kier alpha value is -1.42. The molecule has 0 aliphatic rings. The minimum absolute atomic E-state index is 0.618. The SMILES string of the molecule is CSc1ccc(NCc2nc(C)c(C)o2)cc1. The summed E-state index contributed by atoms with van der Waals surface area (Å²) in [4.78, 5) is 5.59. The molecule has 0 aliphatic carbocycles. The Kier molecular flexibility index (Phi) is 3.74. The molecule has 0 saturated carbocycles. The highest BCUT2D eigenvalue weighted by atomic mass is 32.2. The lowest BCUT2D eigenvalue weighted by molar-refractivity contribution is 0.478. The number of rotatable bonds is 4. The van der Waals surface area contributed by atoms with Crippen molar-refractivity contribution < 1.29 is 4.42 Å². The third-order valence-electron chi connectivity index (χ3n) is 2.61. The molecule has 0 unspecified atom stereocenters. The molecule has 0 fully saturated rings. The fourth-order valence-electron chi connectivity index (χ4n) is 1.50. The average Bonchev–Trinajstić information content (AvgIpc) is 2.67. The van der Waals surface area contributed by atoms with Gasteiger partial charge in [-0.15, -0.1) is 11.8 Å². The zero-order valence-corrected chi connectivity index (χ0v) is 11.1. The van der Waals surface area contributed by atoms with Crippen LogP contribution in [0.25, 0.3) is 0 Å². The molecule has 3 nitrogen and oxygen atoms in total. The second-order valence-electron chi connectivity index (χ2n) is 3.83. The summed E-state index contributed by atoms with van der Waals surface area (Å²) in [6.45, 7) is 4.50.